The number of rotatable bonds is 8. The van der Waals surface area contributed by atoms with Crippen LogP contribution < -0.4 is 15.8 Å². The molecule has 2 aromatic carbocycles. The molecule has 1 saturated heterocycles. The molecule has 2 heterocycles. The van der Waals surface area contributed by atoms with E-state index in [1.165, 1.54) is 29.4 Å². The van der Waals surface area contributed by atoms with Crippen LogP contribution in [-0.2, 0) is 11.5 Å². The molecule has 0 unspecified atom stereocenters. The number of hydrogen-bond donors (Lipinski definition) is 2. The quantitative estimate of drug-likeness (QED) is 0.436. The maximum Gasteiger partial charge on any atom is 0.298 e. The predicted molar refractivity (Wildman–Crippen MR) is 137 cm³/mol. The van der Waals surface area contributed by atoms with Gasteiger partial charge in [-0.25, -0.2) is 18.7 Å². The van der Waals surface area contributed by atoms with Gasteiger partial charge in [0.05, 0.1) is 11.6 Å². The van der Waals surface area contributed by atoms with Crippen LogP contribution in [0.25, 0.3) is 11.3 Å². The second kappa shape index (κ2) is 10.5. The molecule has 38 heavy (non-hydrogen) atoms. The number of benzene rings is 2. The lowest BCUT2D eigenvalue weighted by Gasteiger charge is -2.39. The number of nitrogens with one attached hydrogen (secondary N) is 1. The molecule has 0 radical (unpaired) electrons. The number of aromatic nitrogens is 2. The van der Waals surface area contributed by atoms with Gasteiger partial charge in [0.2, 0.25) is 0 Å². The van der Waals surface area contributed by atoms with Crippen LogP contribution in [0.5, 0.6) is 5.75 Å². The summed E-state index contributed by atoms with van der Waals surface area (Å²) >= 11 is 0. The zero-order valence-electron chi connectivity index (χ0n) is 20.4. The number of amides is 2. The smallest absolute Gasteiger partial charge is 0.298 e. The average molecular weight is 518 g/mol. The van der Waals surface area contributed by atoms with Gasteiger partial charge < -0.3 is 20.7 Å². The number of carbonyl (C=O) groups is 2. The molecule has 1 saturated carbocycles. The van der Waals surface area contributed by atoms with E-state index in [1.807, 2.05) is 0 Å². The highest BCUT2D eigenvalue weighted by molar-refractivity contribution is 6.04. The highest BCUT2D eigenvalue weighted by atomic mass is 19.1. The summed E-state index contributed by atoms with van der Waals surface area (Å²) < 4.78 is 34.4. The number of anilines is 2. The highest BCUT2D eigenvalue weighted by Gasteiger charge is 2.32. The van der Waals surface area contributed by atoms with E-state index in [2.05, 4.69) is 21.2 Å². The van der Waals surface area contributed by atoms with E-state index >= 15 is 0 Å². The number of nitrogen functional groups attached to an aromatic ring is 1. The zero-order valence-corrected chi connectivity index (χ0v) is 20.4. The van der Waals surface area contributed by atoms with Gasteiger partial charge >= 0.3 is 0 Å². The second-order valence-electron chi connectivity index (χ2n) is 9.35. The highest BCUT2D eigenvalue weighted by Crippen LogP contribution is 2.40. The van der Waals surface area contributed by atoms with Gasteiger partial charge in [-0.2, -0.15) is 0 Å². The number of hydrogen-bond acceptors (Lipinski definition) is 6. The van der Waals surface area contributed by atoms with Crippen LogP contribution in [-0.4, -0.2) is 45.9 Å². The van der Waals surface area contributed by atoms with Crippen molar-refractivity contribution in [2.75, 3.05) is 24.2 Å². The van der Waals surface area contributed by atoms with Crippen LogP contribution in [0.15, 0.2) is 42.7 Å². The third-order valence-corrected chi connectivity index (χ3v) is 6.74. The summed E-state index contributed by atoms with van der Waals surface area (Å²) in [7, 11) is 0. The van der Waals surface area contributed by atoms with Crippen molar-refractivity contribution in [2.45, 2.75) is 37.9 Å². The summed E-state index contributed by atoms with van der Waals surface area (Å²) in [6, 6.07) is 8.97. The summed E-state index contributed by atoms with van der Waals surface area (Å²) in [6.45, 7) is -0.167. The Morgan fingerprint density at radius 2 is 2.00 bits per heavy atom. The molecular weight excluding hydrogens is 492 g/mol. The van der Waals surface area contributed by atoms with Crippen LogP contribution in [0, 0.1) is 18.2 Å². The van der Waals surface area contributed by atoms with Gasteiger partial charge in [0, 0.05) is 17.8 Å². The van der Waals surface area contributed by atoms with Gasteiger partial charge in [0.25, 0.3) is 11.8 Å². The minimum absolute atomic E-state index is 0.0539. The van der Waals surface area contributed by atoms with Gasteiger partial charge in [-0.15, -0.1) is 6.42 Å². The Kier molecular flexibility index (Phi) is 6.92. The maximum absolute atomic E-state index is 14.7. The fourth-order valence-electron chi connectivity index (χ4n) is 4.44. The molecule has 3 aromatic rings. The molecule has 1 atom stereocenters. The molecule has 0 spiro atoms. The van der Waals surface area contributed by atoms with Crippen molar-refractivity contribution in [1.82, 2.24) is 14.9 Å². The summed E-state index contributed by atoms with van der Waals surface area (Å²) in [5.74, 6) is 0.967. The summed E-state index contributed by atoms with van der Waals surface area (Å²) in [5.41, 5.74) is 8.04. The lowest BCUT2D eigenvalue weighted by atomic mass is 10.0. The van der Waals surface area contributed by atoms with Crippen molar-refractivity contribution in [3.63, 3.8) is 0 Å². The van der Waals surface area contributed by atoms with Gasteiger partial charge in [-0.3, -0.25) is 9.59 Å². The first-order chi connectivity index (χ1) is 18.4. The largest absolute Gasteiger partial charge is 0.485 e. The van der Waals surface area contributed by atoms with Crippen LogP contribution in [0.3, 0.4) is 0 Å². The molecule has 5 rings (SSSR count). The number of carbonyl (C=O) groups excluding carboxylic acids is 2. The third-order valence-electron chi connectivity index (χ3n) is 6.74. The zero-order chi connectivity index (χ0) is 26.8. The van der Waals surface area contributed by atoms with E-state index in [-0.39, 0.29) is 46.7 Å². The number of nitrogens with zero attached hydrogens (tertiary/aromatic N) is 3. The Hall–Kier alpha value is -4.52. The molecule has 1 aliphatic carbocycles. The van der Waals surface area contributed by atoms with Crippen LogP contribution in [0.1, 0.15) is 46.7 Å². The lowest BCUT2D eigenvalue weighted by Crippen LogP contribution is -2.53. The lowest BCUT2D eigenvalue weighted by molar-refractivity contribution is -0.133. The molecule has 194 valence electrons. The van der Waals surface area contributed by atoms with Gasteiger partial charge in [-0.05, 0) is 72.6 Å². The number of alkyl halides is 1. The Morgan fingerprint density at radius 3 is 2.66 bits per heavy atom. The molecule has 10 heteroatoms. The summed E-state index contributed by atoms with van der Waals surface area (Å²) in [4.78, 5) is 34.5. The molecule has 8 nitrogen and oxygen atoms in total. The first kappa shape index (κ1) is 25.1. The van der Waals surface area contributed by atoms with Crippen LogP contribution in [0.2, 0.25) is 0 Å². The first-order valence-electron chi connectivity index (χ1n) is 12.2. The van der Waals surface area contributed by atoms with Crippen molar-refractivity contribution in [2.24, 2.45) is 0 Å². The number of halogens is 2. The normalized spacial score (nSPS) is 16.3. The van der Waals surface area contributed by atoms with Crippen molar-refractivity contribution in [3.05, 3.63) is 65.2 Å². The number of terminal acetylenes is 1. The van der Waals surface area contributed by atoms with E-state index in [4.69, 9.17) is 16.9 Å². The van der Waals surface area contributed by atoms with Gasteiger partial charge in [-0.1, -0.05) is 6.07 Å². The molecule has 2 aliphatic rings. The molecule has 1 aliphatic heterocycles. The SMILES string of the molecule is C#CC(=O)N1CC[C@H]1COc1c(N)ncnc1-c1cc(CF)cc(NC(=O)c2ccc(C3CC3)cc2F)c1. The van der Waals surface area contributed by atoms with Crippen LogP contribution >= 0.6 is 0 Å². The van der Waals surface area contributed by atoms with Gasteiger partial charge in [0.15, 0.2) is 11.6 Å². The Morgan fingerprint density at radius 1 is 1.18 bits per heavy atom. The number of nitrogens with two attached hydrogens (primary N) is 1. The molecule has 2 fully saturated rings. The summed E-state index contributed by atoms with van der Waals surface area (Å²) in [6.07, 6.45) is 9.21. The Labute approximate surface area is 218 Å². The topological polar surface area (TPSA) is 110 Å². The monoisotopic (exact) mass is 517 g/mol. The average Bonchev–Trinajstić information content (AvgIpc) is 3.74. The third kappa shape index (κ3) is 5.13. The van der Waals surface area contributed by atoms with E-state index in [9.17, 15) is 18.4 Å². The van der Waals surface area contributed by atoms with Gasteiger partial charge in [0.1, 0.15) is 31.1 Å². The standard InChI is InChI=1S/C28H25F2N5O3/c1-2-24(36)35-8-7-21(35)14-38-26-25(32-15-33-27(26)31)19-9-16(13-29)10-20(11-19)34-28(37)22-6-5-18(12-23(22)30)17-3-4-17/h1,5-6,9-12,15,17,21H,3-4,7-8,13-14H2,(H,34,37)(H2,31,32,33)/t21-/m0/s1. The van der Waals surface area contributed by atoms with Crippen LogP contribution in [0.4, 0.5) is 20.3 Å². The minimum atomic E-state index is -0.816. The molecule has 2 amide bonds. The Bertz CT molecular complexity index is 1450. The van der Waals surface area contributed by atoms with Crippen molar-refractivity contribution in [3.8, 4) is 29.4 Å². The number of likely N-dealkylation sites (tertiary alicyclic amines) is 1. The van der Waals surface area contributed by atoms with E-state index in [0.29, 0.717) is 24.4 Å². The fraction of sp³-hybridized carbons (Fsp3) is 0.286. The maximum atomic E-state index is 14.7. The van der Waals surface area contributed by atoms with E-state index in [0.717, 1.165) is 18.4 Å². The molecule has 0 bridgehead atoms. The molecule has 3 N–H and O–H groups in total. The van der Waals surface area contributed by atoms with Crippen molar-refractivity contribution in [1.29, 1.82) is 0 Å². The van der Waals surface area contributed by atoms with Crippen molar-refractivity contribution < 1.29 is 23.1 Å². The van der Waals surface area contributed by atoms with Crippen molar-refractivity contribution >= 4 is 23.3 Å². The first-order valence-corrected chi connectivity index (χ1v) is 12.2. The van der Waals surface area contributed by atoms with E-state index in [1.54, 1.807) is 18.2 Å². The predicted octanol–water partition coefficient (Wildman–Crippen LogP) is 4.08. The van der Waals surface area contributed by atoms with E-state index < -0.39 is 24.3 Å². The molecule has 1 aromatic heterocycles. The Balaban J connectivity index is 1.39. The minimum Gasteiger partial charge on any atom is -0.485 e. The molecular formula is C28H25F2N5O3. The second-order valence-corrected chi connectivity index (χ2v) is 9.35. The summed E-state index contributed by atoms with van der Waals surface area (Å²) in [5, 5.41) is 2.65. The number of ether oxygens (including phenoxy) is 1. The fourth-order valence-corrected chi connectivity index (χ4v) is 4.44.